The van der Waals surface area contributed by atoms with Crippen LogP contribution in [0.4, 0.5) is 18.9 Å². The number of anilines is 1. The van der Waals surface area contributed by atoms with Gasteiger partial charge in [-0.2, -0.15) is 18.4 Å². The van der Waals surface area contributed by atoms with E-state index in [4.69, 9.17) is 4.74 Å². The van der Waals surface area contributed by atoms with Gasteiger partial charge in [0.1, 0.15) is 0 Å². The van der Waals surface area contributed by atoms with Gasteiger partial charge in [0.25, 0.3) is 0 Å². The van der Waals surface area contributed by atoms with Crippen LogP contribution in [0.3, 0.4) is 0 Å². The van der Waals surface area contributed by atoms with Gasteiger partial charge < -0.3 is 9.64 Å². The first-order valence-corrected chi connectivity index (χ1v) is 9.43. The van der Waals surface area contributed by atoms with Gasteiger partial charge in [-0.1, -0.05) is 11.8 Å². The number of aromatic amines is 1. The summed E-state index contributed by atoms with van der Waals surface area (Å²) in [6.07, 6.45) is -2.68. The Morgan fingerprint density at radius 3 is 2.52 bits per heavy atom. The average molecular weight is 400 g/mol. The molecule has 1 aliphatic rings. The van der Waals surface area contributed by atoms with Gasteiger partial charge in [-0.15, -0.1) is 10.2 Å². The van der Waals surface area contributed by atoms with Crippen molar-refractivity contribution in [3.05, 3.63) is 35.5 Å². The summed E-state index contributed by atoms with van der Waals surface area (Å²) in [5.74, 6) is -0.504. The number of carbonyl (C=O) groups is 1. The number of hydrogen-bond donors (Lipinski definition) is 1. The molecule has 1 fully saturated rings. The van der Waals surface area contributed by atoms with Crippen LogP contribution in [0.5, 0.6) is 0 Å². The van der Waals surface area contributed by atoms with Crippen molar-refractivity contribution in [3.63, 3.8) is 0 Å². The first-order chi connectivity index (χ1) is 12.9. The predicted molar refractivity (Wildman–Crippen MR) is 94.9 cm³/mol. The van der Waals surface area contributed by atoms with E-state index in [0.29, 0.717) is 5.03 Å². The fourth-order valence-electron chi connectivity index (χ4n) is 2.89. The number of ether oxygens (including phenoxy) is 1. The molecule has 0 amide bonds. The third-order valence-electron chi connectivity index (χ3n) is 4.26. The van der Waals surface area contributed by atoms with E-state index in [-0.39, 0.29) is 17.6 Å². The standard InChI is InChI=1S/C17H19F3N4O2S/c1-2-26-16(25)14-15(22-23-21-14)27-13-7-9-24(10-8-13)12-5-3-11(4-6-12)17(18,19)20/h3-6,13H,2,7-10H2,1H3,(H,21,22,23). The van der Waals surface area contributed by atoms with Crippen LogP contribution in [-0.2, 0) is 10.9 Å². The molecule has 10 heteroatoms. The van der Waals surface area contributed by atoms with Crippen molar-refractivity contribution < 1.29 is 22.7 Å². The fourth-order valence-corrected chi connectivity index (χ4v) is 3.98. The molecule has 0 aliphatic carbocycles. The summed E-state index contributed by atoms with van der Waals surface area (Å²) in [6.45, 7) is 3.42. The third-order valence-corrected chi connectivity index (χ3v) is 5.58. The molecule has 0 spiro atoms. The van der Waals surface area contributed by atoms with Crippen molar-refractivity contribution in [2.45, 2.75) is 36.2 Å². The second-order valence-corrected chi connectivity index (χ2v) is 7.34. The minimum atomic E-state index is -4.32. The zero-order valence-corrected chi connectivity index (χ0v) is 15.4. The van der Waals surface area contributed by atoms with Crippen LogP contribution < -0.4 is 4.90 Å². The second-order valence-electron chi connectivity index (χ2n) is 6.05. The Bertz CT molecular complexity index is 771. The van der Waals surface area contributed by atoms with E-state index < -0.39 is 17.7 Å². The molecule has 27 heavy (non-hydrogen) atoms. The van der Waals surface area contributed by atoms with E-state index in [1.807, 2.05) is 0 Å². The van der Waals surface area contributed by atoms with Gasteiger partial charge in [0.15, 0.2) is 5.03 Å². The van der Waals surface area contributed by atoms with Crippen molar-refractivity contribution in [3.8, 4) is 0 Å². The molecule has 1 aliphatic heterocycles. The number of thioether (sulfide) groups is 1. The fraction of sp³-hybridized carbons (Fsp3) is 0.471. The summed E-state index contributed by atoms with van der Waals surface area (Å²) < 4.78 is 43.0. The Hall–Kier alpha value is -2.23. The average Bonchev–Trinajstić information content (AvgIpc) is 3.10. The van der Waals surface area contributed by atoms with Crippen LogP contribution in [0, 0.1) is 0 Å². The summed E-state index contributed by atoms with van der Waals surface area (Å²) in [7, 11) is 0. The van der Waals surface area contributed by atoms with Gasteiger partial charge in [0.05, 0.1) is 12.2 Å². The van der Waals surface area contributed by atoms with E-state index in [1.54, 1.807) is 6.92 Å². The van der Waals surface area contributed by atoms with Crippen LogP contribution >= 0.6 is 11.8 Å². The van der Waals surface area contributed by atoms with Gasteiger partial charge in [-0.05, 0) is 44.0 Å². The van der Waals surface area contributed by atoms with Gasteiger partial charge in [-0.25, -0.2) is 4.79 Å². The summed E-state index contributed by atoms with van der Waals surface area (Å²) >= 11 is 1.47. The Kier molecular flexibility index (Phi) is 5.93. The van der Waals surface area contributed by atoms with Crippen LogP contribution in [-0.4, -0.2) is 46.3 Å². The smallest absolute Gasteiger partial charge is 0.416 e. The topological polar surface area (TPSA) is 71.1 Å². The number of hydrogen-bond acceptors (Lipinski definition) is 6. The molecule has 1 aromatic heterocycles. The van der Waals surface area contributed by atoms with E-state index in [1.165, 1.54) is 23.9 Å². The maximum Gasteiger partial charge on any atom is 0.416 e. The largest absolute Gasteiger partial charge is 0.461 e. The van der Waals surface area contributed by atoms with Crippen molar-refractivity contribution in [1.82, 2.24) is 15.4 Å². The van der Waals surface area contributed by atoms with Gasteiger partial charge >= 0.3 is 12.1 Å². The number of benzene rings is 1. The molecule has 0 unspecified atom stereocenters. The Labute approximate surface area is 158 Å². The van der Waals surface area contributed by atoms with E-state index in [9.17, 15) is 18.0 Å². The SMILES string of the molecule is CCOC(=O)c1n[nH]nc1SC1CCN(c2ccc(C(F)(F)F)cc2)CC1. The molecule has 0 atom stereocenters. The summed E-state index contributed by atoms with van der Waals surface area (Å²) in [5.41, 5.74) is 0.321. The summed E-state index contributed by atoms with van der Waals surface area (Å²) in [5, 5.41) is 11.1. The lowest BCUT2D eigenvalue weighted by Gasteiger charge is -2.33. The highest BCUT2D eigenvalue weighted by Gasteiger charge is 2.30. The Balaban J connectivity index is 1.57. The minimum Gasteiger partial charge on any atom is -0.461 e. The molecular formula is C17H19F3N4O2S. The quantitative estimate of drug-likeness (QED) is 0.771. The Morgan fingerprint density at radius 1 is 1.26 bits per heavy atom. The van der Waals surface area contributed by atoms with Crippen molar-refractivity contribution >= 4 is 23.4 Å². The number of H-pyrrole nitrogens is 1. The van der Waals surface area contributed by atoms with Crippen LogP contribution in [0.25, 0.3) is 0 Å². The maximum absolute atomic E-state index is 12.7. The summed E-state index contributed by atoms with van der Waals surface area (Å²) in [4.78, 5) is 13.9. The molecule has 3 rings (SSSR count). The van der Waals surface area contributed by atoms with Crippen LogP contribution in [0.15, 0.2) is 29.3 Å². The Morgan fingerprint density at radius 2 is 1.93 bits per heavy atom. The predicted octanol–water partition coefficient (Wildman–Crippen LogP) is 3.76. The van der Waals surface area contributed by atoms with Gasteiger partial charge in [-0.3, -0.25) is 0 Å². The molecule has 0 radical (unpaired) electrons. The highest BCUT2D eigenvalue weighted by atomic mass is 32.2. The molecule has 1 aromatic carbocycles. The zero-order valence-electron chi connectivity index (χ0n) is 14.6. The first-order valence-electron chi connectivity index (χ1n) is 8.55. The van der Waals surface area contributed by atoms with Crippen molar-refractivity contribution in [1.29, 1.82) is 0 Å². The minimum absolute atomic E-state index is 0.187. The number of nitrogens with zero attached hydrogens (tertiary/aromatic N) is 3. The lowest BCUT2D eigenvalue weighted by atomic mass is 10.1. The number of halogens is 3. The van der Waals surface area contributed by atoms with Crippen LogP contribution in [0.1, 0.15) is 35.8 Å². The lowest BCUT2D eigenvalue weighted by Crippen LogP contribution is -2.34. The number of nitrogens with one attached hydrogen (secondary N) is 1. The van der Waals surface area contributed by atoms with Crippen LogP contribution in [0.2, 0.25) is 0 Å². The summed E-state index contributed by atoms with van der Waals surface area (Å²) in [6, 6.07) is 5.23. The normalized spacial score (nSPS) is 15.8. The molecule has 6 nitrogen and oxygen atoms in total. The van der Waals surface area contributed by atoms with E-state index in [0.717, 1.165) is 43.8 Å². The van der Waals surface area contributed by atoms with Gasteiger partial charge in [0, 0.05) is 24.0 Å². The maximum atomic E-state index is 12.7. The molecule has 0 saturated carbocycles. The molecule has 1 saturated heterocycles. The number of esters is 1. The molecule has 2 heterocycles. The number of carbonyl (C=O) groups excluding carboxylic acids is 1. The van der Waals surface area contributed by atoms with E-state index in [2.05, 4.69) is 20.3 Å². The zero-order chi connectivity index (χ0) is 19.4. The molecule has 146 valence electrons. The molecule has 2 aromatic rings. The number of aromatic nitrogens is 3. The number of piperidine rings is 1. The monoisotopic (exact) mass is 400 g/mol. The van der Waals surface area contributed by atoms with E-state index >= 15 is 0 Å². The number of rotatable bonds is 5. The van der Waals surface area contributed by atoms with Crippen molar-refractivity contribution in [2.24, 2.45) is 0 Å². The highest BCUT2D eigenvalue weighted by molar-refractivity contribution is 7.99. The lowest BCUT2D eigenvalue weighted by molar-refractivity contribution is -0.137. The number of alkyl halides is 3. The molecular weight excluding hydrogens is 381 g/mol. The second kappa shape index (κ2) is 8.20. The first kappa shape index (κ1) is 19.5. The van der Waals surface area contributed by atoms with Gasteiger partial charge in [0.2, 0.25) is 5.69 Å². The molecule has 1 N–H and O–H groups in total. The van der Waals surface area contributed by atoms with Crippen molar-refractivity contribution in [2.75, 3.05) is 24.6 Å². The highest BCUT2D eigenvalue weighted by Crippen LogP contribution is 2.34. The third kappa shape index (κ3) is 4.74. The molecule has 0 bridgehead atoms.